The Morgan fingerprint density at radius 3 is 2.60 bits per heavy atom. The molecule has 3 heteroatoms. The standard InChI is InChI=1S/C12H26N2O/c1-4-15-8-12(14-13)11-6-5-9(2)10(3)7-11/h9-12,14H,4-8,13H2,1-3H3. The van der Waals surface area contributed by atoms with Crippen LogP contribution in [0.3, 0.4) is 0 Å². The van der Waals surface area contributed by atoms with E-state index in [2.05, 4.69) is 19.3 Å². The molecule has 3 N–H and O–H groups in total. The lowest BCUT2D eigenvalue weighted by Gasteiger charge is -2.36. The molecule has 1 aliphatic carbocycles. The Morgan fingerprint density at radius 2 is 2.07 bits per heavy atom. The molecule has 0 bridgehead atoms. The van der Waals surface area contributed by atoms with Crippen LogP contribution in [-0.4, -0.2) is 19.3 Å². The minimum absolute atomic E-state index is 0.333. The van der Waals surface area contributed by atoms with E-state index in [1.54, 1.807) is 0 Å². The summed E-state index contributed by atoms with van der Waals surface area (Å²) in [6, 6.07) is 0.333. The highest BCUT2D eigenvalue weighted by atomic mass is 16.5. The second-order valence-electron chi connectivity index (χ2n) is 4.96. The fourth-order valence-corrected chi connectivity index (χ4v) is 2.52. The summed E-state index contributed by atoms with van der Waals surface area (Å²) < 4.78 is 5.46. The molecule has 1 fully saturated rings. The first-order valence-corrected chi connectivity index (χ1v) is 6.22. The van der Waals surface area contributed by atoms with Crippen molar-refractivity contribution in [2.75, 3.05) is 13.2 Å². The van der Waals surface area contributed by atoms with Gasteiger partial charge in [-0.3, -0.25) is 11.3 Å². The third kappa shape index (κ3) is 3.74. The zero-order chi connectivity index (χ0) is 11.3. The first-order chi connectivity index (χ1) is 7.19. The quantitative estimate of drug-likeness (QED) is 0.543. The molecule has 0 radical (unpaired) electrons. The first kappa shape index (κ1) is 12.9. The lowest BCUT2D eigenvalue weighted by atomic mass is 9.73. The smallest absolute Gasteiger partial charge is 0.0635 e. The Labute approximate surface area is 93.7 Å². The maximum atomic E-state index is 5.59. The molecule has 0 aliphatic heterocycles. The van der Waals surface area contributed by atoms with Gasteiger partial charge < -0.3 is 4.74 Å². The van der Waals surface area contributed by atoms with Crippen molar-refractivity contribution in [1.29, 1.82) is 0 Å². The van der Waals surface area contributed by atoms with E-state index in [0.717, 1.165) is 25.0 Å². The number of nitrogens with one attached hydrogen (secondary N) is 1. The lowest BCUT2D eigenvalue weighted by Crippen LogP contribution is -2.46. The van der Waals surface area contributed by atoms with Crippen molar-refractivity contribution in [1.82, 2.24) is 5.43 Å². The molecule has 1 saturated carbocycles. The Morgan fingerprint density at radius 1 is 1.33 bits per heavy atom. The molecule has 0 heterocycles. The van der Waals surface area contributed by atoms with Crippen molar-refractivity contribution < 1.29 is 4.74 Å². The van der Waals surface area contributed by atoms with Crippen LogP contribution in [-0.2, 0) is 4.74 Å². The molecule has 1 aliphatic rings. The first-order valence-electron chi connectivity index (χ1n) is 6.22. The van der Waals surface area contributed by atoms with Crippen LogP contribution in [0.4, 0.5) is 0 Å². The van der Waals surface area contributed by atoms with Crippen molar-refractivity contribution >= 4 is 0 Å². The summed E-state index contributed by atoms with van der Waals surface area (Å²) in [6.07, 6.45) is 3.90. The van der Waals surface area contributed by atoms with Crippen LogP contribution in [0.1, 0.15) is 40.0 Å². The SMILES string of the molecule is CCOCC(NN)C1CCC(C)C(C)C1. The highest BCUT2D eigenvalue weighted by Crippen LogP contribution is 2.34. The predicted molar refractivity (Wildman–Crippen MR) is 63.3 cm³/mol. The van der Waals surface area contributed by atoms with Gasteiger partial charge in [0.2, 0.25) is 0 Å². The molecule has 0 spiro atoms. The Hall–Kier alpha value is -0.120. The summed E-state index contributed by atoms with van der Waals surface area (Å²) in [4.78, 5) is 0. The van der Waals surface area contributed by atoms with Crippen LogP contribution < -0.4 is 11.3 Å². The maximum Gasteiger partial charge on any atom is 0.0635 e. The van der Waals surface area contributed by atoms with E-state index >= 15 is 0 Å². The predicted octanol–water partition coefficient (Wildman–Crippen LogP) is 1.93. The van der Waals surface area contributed by atoms with Gasteiger partial charge in [-0.1, -0.05) is 20.3 Å². The van der Waals surface area contributed by atoms with Gasteiger partial charge in [0, 0.05) is 12.6 Å². The van der Waals surface area contributed by atoms with Crippen LogP contribution in [0.5, 0.6) is 0 Å². The van der Waals surface area contributed by atoms with Gasteiger partial charge in [0.05, 0.1) is 6.61 Å². The summed E-state index contributed by atoms with van der Waals surface area (Å²) in [5.41, 5.74) is 2.92. The van der Waals surface area contributed by atoms with Gasteiger partial charge in [-0.15, -0.1) is 0 Å². The van der Waals surface area contributed by atoms with Crippen molar-refractivity contribution in [3.05, 3.63) is 0 Å². The number of hydrogen-bond acceptors (Lipinski definition) is 3. The zero-order valence-electron chi connectivity index (χ0n) is 10.3. The minimum Gasteiger partial charge on any atom is -0.380 e. The number of ether oxygens (including phenoxy) is 1. The summed E-state index contributed by atoms with van der Waals surface area (Å²) in [7, 11) is 0. The van der Waals surface area contributed by atoms with Crippen molar-refractivity contribution in [2.45, 2.75) is 46.1 Å². The van der Waals surface area contributed by atoms with Crippen LogP contribution >= 0.6 is 0 Å². The van der Waals surface area contributed by atoms with Gasteiger partial charge in [-0.2, -0.15) is 0 Å². The van der Waals surface area contributed by atoms with E-state index < -0.39 is 0 Å². The van der Waals surface area contributed by atoms with Crippen LogP contribution in [0.15, 0.2) is 0 Å². The van der Waals surface area contributed by atoms with E-state index in [-0.39, 0.29) is 0 Å². The third-order valence-electron chi connectivity index (χ3n) is 3.92. The number of rotatable bonds is 5. The lowest BCUT2D eigenvalue weighted by molar-refractivity contribution is 0.0776. The normalized spacial score (nSPS) is 34.0. The van der Waals surface area contributed by atoms with E-state index in [0.29, 0.717) is 12.0 Å². The molecule has 0 saturated heterocycles. The van der Waals surface area contributed by atoms with E-state index in [1.807, 2.05) is 6.92 Å². The fourth-order valence-electron chi connectivity index (χ4n) is 2.52. The molecule has 1 rings (SSSR count). The van der Waals surface area contributed by atoms with Gasteiger partial charge in [0.1, 0.15) is 0 Å². The Bertz CT molecular complexity index is 175. The summed E-state index contributed by atoms with van der Waals surface area (Å²) in [6.45, 7) is 8.26. The third-order valence-corrected chi connectivity index (χ3v) is 3.92. The average molecular weight is 214 g/mol. The Balaban J connectivity index is 2.39. The Kier molecular flexibility index (Phi) is 5.58. The molecular weight excluding hydrogens is 188 g/mol. The van der Waals surface area contributed by atoms with Crippen molar-refractivity contribution in [3.63, 3.8) is 0 Å². The molecule has 4 unspecified atom stereocenters. The van der Waals surface area contributed by atoms with Gasteiger partial charge >= 0.3 is 0 Å². The summed E-state index contributed by atoms with van der Waals surface area (Å²) >= 11 is 0. The zero-order valence-corrected chi connectivity index (χ0v) is 10.3. The summed E-state index contributed by atoms with van der Waals surface area (Å²) in [5, 5.41) is 0. The maximum absolute atomic E-state index is 5.59. The number of hydrogen-bond donors (Lipinski definition) is 2. The van der Waals surface area contributed by atoms with Gasteiger partial charge in [-0.25, -0.2) is 0 Å². The number of hydrazine groups is 1. The second-order valence-corrected chi connectivity index (χ2v) is 4.96. The molecule has 3 nitrogen and oxygen atoms in total. The van der Waals surface area contributed by atoms with Crippen molar-refractivity contribution in [2.24, 2.45) is 23.6 Å². The topological polar surface area (TPSA) is 47.3 Å². The molecule has 15 heavy (non-hydrogen) atoms. The highest BCUT2D eigenvalue weighted by molar-refractivity contribution is 4.82. The van der Waals surface area contributed by atoms with Crippen LogP contribution in [0.2, 0.25) is 0 Å². The fraction of sp³-hybridized carbons (Fsp3) is 1.00. The number of nitrogens with two attached hydrogens (primary N) is 1. The molecule has 90 valence electrons. The minimum atomic E-state index is 0.333. The van der Waals surface area contributed by atoms with Crippen LogP contribution in [0.25, 0.3) is 0 Å². The molecule has 0 aromatic heterocycles. The van der Waals surface area contributed by atoms with E-state index in [4.69, 9.17) is 10.6 Å². The van der Waals surface area contributed by atoms with E-state index in [1.165, 1.54) is 19.3 Å². The molecule has 4 atom stereocenters. The van der Waals surface area contributed by atoms with E-state index in [9.17, 15) is 0 Å². The summed E-state index contributed by atoms with van der Waals surface area (Å²) in [5.74, 6) is 7.97. The second kappa shape index (κ2) is 6.46. The van der Waals surface area contributed by atoms with Gasteiger partial charge in [-0.05, 0) is 37.5 Å². The van der Waals surface area contributed by atoms with Gasteiger partial charge in [0.25, 0.3) is 0 Å². The monoisotopic (exact) mass is 214 g/mol. The largest absolute Gasteiger partial charge is 0.380 e. The van der Waals surface area contributed by atoms with Crippen molar-refractivity contribution in [3.8, 4) is 0 Å². The molecular formula is C12H26N2O. The van der Waals surface area contributed by atoms with Crippen LogP contribution in [0, 0.1) is 17.8 Å². The molecule has 0 aromatic rings. The van der Waals surface area contributed by atoms with Gasteiger partial charge in [0.15, 0.2) is 0 Å². The average Bonchev–Trinajstić information content (AvgIpc) is 2.24. The highest BCUT2D eigenvalue weighted by Gasteiger charge is 2.29. The molecule has 0 aromatic carbocycles. The molecule has 0 amide bonds.